The number of hydrogen-bond acceptors (Lipinski definition) is 4. The van der Waals surface area contributed by atoms with Gasteiger partial charge in [-0.2, -0.15) is 11.8 Å². The second-order valence-corrected chi connectivity index (χ2v) is 6.69. The van der Waals surface area contributed by atoms with Gasteiger partial charge in [-0.05, 0) is 25.0 Å². The standard InChI is InChI=1S/C15H23NO4S/c1-20-8-7-16(11-6-9-21-10-11)14(17)12-4-2-3-5-13(12)15(18)19/h2-3,11-13H,4-10H2,1H3,(H,18,19). The fourth-order valence-corrected chi connectivity index (χ4v) is 4.23. The van der Waals surface area contributed by atoms with E-state index in [1.54, 1.807) is 7.11 Å². The third-order valence-electron chi connectivity index (χ3n) is 4.23. The maximum Gasteiger partial charge on any atom is 0.307 e. The van der Waals surface area contributed by atoms with E-state index in [0.29, 0.717) is 26.0 Å². The normalized spacial score (nSPS) is 28.5. The highest BCUT2D eigenvalue weighted by molar-refractivity contribution is 7.99. The number of carbonyl (C=O) groups is 2. The molecule has 3 unspecified atom stereocenters. The molecule has 0 radical (unpaired) electrons. The highest BCUT2D eigenvalue weighted by atomic mass is 32.2. The zero-order valence-corrected chi connectivity index (χ0v) is 13.2. The summed E-state index contributed by atoms with van der Waals surface area (Å²) in [5, 5.41) is 9.35. The minimum absolute atomic E-state index is 0.0173. The summed E-state index contributed by atoms with van der Waals surface area (Å²) < 4.78 is 5.11. The fraction of sp³-hybridized carbons (Fsp3) is 0.733. The van der Waals surface area contributed by atoms with Crippen molar-refractivity contribution in [2.45, 2.75) is 25.3 Å². The Labute approximate surface area is 129 Å². The molecule has 2 aliphatic rings. The van der Waals surface area contributed by atoms with Crippen molar-refractivity contribution in [1.82, 2.24) is 4.90 Å². The number of nitrogens with zero attached hydrogens (tertiary/aromatic N) is 1. The Bertz CT molecular complexity index is 406. The number of aliphatic carboxylic acids is 1. The molecule has 0 aromatic heterocycles. The number of carboxylic acids is 1. The lowest BCUT2D eigenvalue weighted by Gasteiger charge is -2.34. The van der Waals surface area contributed by atoms with Gasteiger partial charge in [-0.25, -0.2) is 0 Å². The van der Waals surface area contributed by atoms with E-state index in [9.17, 15) is 14.7 Å². The van der Waals surface area contributed by atoms with E-state index in [2.05, 4.69) is 0 Å². The van der Waals surface area contributed by atoms with E-state index in [1.807, 2.05) is 28.8 Å². The second kappa shape index (κ2) is 7.84. The van der Waals surface area contributed by atoms with E-state index >= 15 is 0 Å². The Hall–Kier alpha value is -1.01. The van der Waals surface area contributed by atoms with Gasteiger partial charge in [-0.15, -0.1) is 0 Å². The lowest BCUT2D eigenvalue weighted by Crippen LogP contribution is -2.48. The summed E-state index contributed by atoms with van der Waals surface area (Å²) in [6.07, 6.45) is 5.76. The van der Waals surface area contributed by atoms with Crippen molar-refractivity contribution in [3.63, 3.8) is 0 Å². The summed E-state index contributed by atoms with van der Waals surface area (Å²) in [5.41, 5.74) is 0. The molecule has 21 heavy (non-hydrogen) atoms. The van der Waals surface area contributed by atoms with Gasteiger partial charge < -0.3 is 14.7 Å². The van der Waals surface area contributed by atoms with Crippen LogP contribution in [-0.2, 0) is 14.3 Å². The van der Waals surface area contributed by atoms with Gasteiger partial charge in [0.15, 0.2) is 0 Å². The lowest BCUT2D eigenvalue weighted by molar-refractivity contribution is -0.151. The summed E-state index contributed by atoms with van der Waals surface area (Å²) in [7, 11) is 1.62. The molecule has 1 saturated heterocycles. The highest BCUT2D eigenvalue weighted by Crippen LogP contribution is 2.30. The Morgan fingerprint density at radius 1 is 1.33 bits per heavy atom. The molecule has 1 amide bonds. The lowest BCUT2D eigenvalue weighted by atomic mass is 9.82. The van der Waals surface area contributed by atoms with Crippen LogP contribution in [0.4, 0.5) is 0 Å². The predicted octanol–water partition coefficient (Wildman–Crippen LogP) is 1.63. The molecule has 0 saturated carbocycles. The molecule has 3 atom stereocenters. The fourth-order valence-electron chi connectivity index (χ4n) is 3.00. The van der Waals surface area contributed by atoms with Crippen LogP contribution < -0.4 is 0 Å². The van der Waals surface area contributed by atoms with Crippen molar-refractivity contribution in [3.05, 3.63) is 12.2 Å². The Morgan fingerprint density at radius 3 is 2.62 bits per heavy atom. The van der Waals surface area contributed by atoms with Crippen molar-refractivity contribution in [1.29, 1.82) is 0 Å². The number of hydrogen-bond donors (Lipinski definition) is 1. The van der Waals surface area contributed by atoms with Crippen LogP contribution in [0.15, 0.2) is 12.2 Å². The molecular weight excluding hydrogens is 290 g/mol. The van der Waals surface area contributed by atoms with Crippen molar-refractivity contribution in [3.8, 4) is 0 Å². The number of carbonyl (C=O) groups excluding carboxylic acids is 1. The van der Waals surface area contributed by atoms with Gasteiger partial charge in [0.05, 0.1) is 18.4 Å². The Balaban J connectivity index is 2.11. The van der Waals surface area contributed by atoms with E-state index in [-0.39, 0.29) is 11.9 Å². The number of carboxylic acid groups (broad SMARTS) is 1. The van der Waals surface area contributed by atoms with Crippen LogP contribution in [0.3, 0.4) is 0 Å². The minimum atomic E-state index is -0.870. The van der Waals surface area contributed by atoms with Crippen LogP contribution in [-0.4, -0.2) is 59.7 Å². The average molecular weight is 313 g/mol. The van der Waals surface area contributed by atoms with E-state index < -0.39 is 17.8 Å². The van der Waals surface area contributed by atoms with Gasteiger partial charge in [0.2, 0.25) is 5.91 Å². The first-order valence-corrected chi connectivity index (χ1v) is 8.55. The molecule has 118 valence electrons. The van der Waals surface area contributed by atoms with Crippen LogP contribution in [0.5, 0.6) is 0 Å². The molecule has 1 N–H and O–H groups in total. The molecule has 5 nitrogen and oxygen atoms in total. The molecule has 0 aromatic carbocycles. The summed E-state index contributed by atoms with van der Waals surface area (Å²) in [6, 6.07) is 0.220. The number of rotatable bonds is 6. The zero-order chi connectivity index (χ0) is 15.2. The molecule has 1 heterocycles. The van der Waals surface area contributed by atoms with Crippen molar-refractivity contribution in [2.75, 3.05) is 31.8 Å². The number of thioether (sulfide) groups is 1. The van der Waals surface area contributed by atoms with Gasteiger partial charge in [0, 0.05) is 25.4 Å². The first-order valence-electron chi connectivity index (χ1n) is 7.40. The third kappa shape index (κ3) is 4.01. The zero-order valence-electron chi connectivity index (χ0n) is 12.4. The molecular formula is C15H23NO4S. The number of amides is 1. The highest BCUT2D eigenvalue weighted by Gasteiger charge is 2.38. The van der Waals surface area contributed by atoms with Crippen LogP contribution in [0.2, 0.25) is 0 Å². The number of ether oxygens (including phenoxy) is 1. The summed E-state index contributed by atoms with van der Waals surface area (Å²) in [6.45, 7) is 1.04. The maximum atomic E-state index is 12.9. The molecule has 1 aliphatic carbocycles. The van der Waals surface area contributed by atoms with Gasteiger partial charge in [-0.3, -0.25) is 9.59 Å². The minimum Gasteiger partial charge on any atom is -0.481 e. The van der Waals surface area contributed by atoms with Crippen LogP contribution >= 0.6 is 11.8 Å². The first-order chi connectivity index (χ1) is 10.1. The number of methoxy groups -OCH3 is 1. The molecule has 0 spiro atoms. The van der Waals surface area contributed by atoms with Crippen molar-refractivity contribution < 1.29 is 19.4 Å². The molecule has 2 rings (SSSR count). The topological polar surface area (TPSA) is 66.8 Å². The van der Waals surface area contributed by atoms with Gasteiger partial charge in [-0.1, -0.05) is 12.2 Å². The third-order valence-corrected chi connectivity index (χ3v) is 5.38. The van der Waals surface area contributed by atoms with Crippen molar-refractivity contribution in [2.24, 2.45) is 11.8 Å². The summed E-state index contributed by atoms with van der Waals surface area (Å²) in [5.74, 6) is 0.0856. The molecule has 1 fully saturated rings. The molecule has 0 bridgehead atoms. The predicted molar refractivity (Wildman–Crippen MR) is 82.3 cm³/mol. The second-order valence-electron chi connectivity index (χ2n) is 5.54. The van der Waals surface area contributed by atoms with Crippen molar-refractivity contribution >= 4 is 23.6 Å². The van der Waals surface area contributed by atoms with E-state index in [0.717, 1.165) is 17.9 Å². The molecule has 1 aliphatic heterocycles. The van der Waals surface area contributed by atoms with Crippen LogP contribution in [0, 0.1) is 11.8 Å². The van der Waals surface area contributed by atoms with Gasteiger partial charge in [0.25, 0.3) is 0 Å². The van der Waals surface area contributed by atoms with Gasteiger partial charge in [0.1, 0.15) is 0 Å². The Kier molecular flexibility index (Phi) is 6.11. The average Bonchev–Trinajstić information content (AvgIpc) is 3.01. The van der Waals surface area contributed by atoms with Crippen LogP contribution in [0.1, 0.15) is 19.3 Å². The molecule has 6 heteroatoms. The summed E-state index contributed by atoms with van der Waals surface area (Å²) in [4.78, 5) is 26.1. The summed E-state index contributed by atoms with van der Waals surface area (Å²) >= 11 is 1.85. The number of allylic oxidation sites excluding steroid dienone is 2. The molecule has 0 aromatic rings. The van der Waals surface area contributed by atoms with Gasteiger partial charge >= 0.3 is 5.97 Å². The van der Waals surface area contributed by atoms with Crippen LogP contribution in [0.25, 0.3) is 0 Å². The Morgan fingerprint density at radius 2 is 2.05 bits per heavy atom. The quantitative estimate of drug-likeness (QED) is 0.755. The first kappa shape index (κ1) is 16.4. The smallest absolute Gasteiger partial charge is 0.307 e. The van der Waals surface area contributed by atoms with E-state index in [4.69, 9.17) is 4.74 Å². The monoisotopic (exact) mass is 313 g/mol. The largest absolute Gasteiger partial charge is 0.481 e. The van der Waals surface area contributed by atoms with E-state index in [1.165, 1.54) is 0 Å². The maximum absolute atomic E-state index is 12.9. The SMILES string of the molecule is COCCN(C(=O)C1CC=CCC1C(=O)O)C1CCSC1.